The predicted molar refractivity (Wildman–Crippen MR) is 50.5 cm³/mol. The van der Waals surface area contributed by atoms with Gasteiger partial charge in [0.15, 0.2) is 0 Å². The van der Waals surface area contributed by atoms with Crippen molar-refractivity contribution in [2.45, 2.75) is 6.42 Å². The lowest BCUT2D eigenvalue weighted by molar-refractivity contribution is -0.133. The van der Waals surface area contributed by atoms with Gasteiger partial charge >= 0.3 is 5.97 Å². The maximum Gasteiger partial charge on any atom is 0.334 e. The number of aliphatic carboxylic acids is 1. The number of nitrogens with zero attached hydrogens (tertiary/aromatic N) is 2. The average Bonchev–Trinajstić information content (AvgIpc) is 2.71. The zero-order valence-electron chi connectivity index (χ0n) is 8.02. The molecule has 6 heteroatoms. The van der Waals surface area contributed by atoms with Gasteiger partial charge in [-0.15, -0.1) is 0 Å². The number of hydrogen-bond acceptors (Lipinski definition) is 3. The fourth-order valence-electron chi connectivity index (χ4n) is 1.49. The van der Waals surface area contributed by atoms with Crippen molar-refractivity contribution in [1.82, 2.24) is 15.1 Å². The molecule has 1 aliphatic heterocycles. The highest BCUT2D eigenvalue weighted by atomic mass is 16.4. The van der Waals surface area contributed by atoms with Gasteiger partial charge in [-0.25, -0.2) is 4.79 Å². The summed E-state index contributed by atoms with van der Waals surface area (Å²) in [6, 6.07) is 0. The van der Waals surface area contributed by atoms with E-state index in [-0.39, 0.29) is 17.9 Å². The molecule has 0 aromatic carbocycles. The van der Waals surface area contributed by atoms with Gasteiger partial charge in [0.25, 0.3) is 0 Å². The number of aryl methyl sites for hydroxylation is 1. The molecule has 2 rings (SSSR count). The first-order valence-corrected chi connectivity index (χ1v) is 4.33. The standard InChI is InChI=1S/C9H9N3O3/c1-12-4-5(3-10-12)8-6(9(14)15)2-7(13)11-8/h3-4H,2H2,1H3,(H,11,13)(H,14,15). The maximum atomic E-state index is 11.1. The number of carboxylic acids is 1. The Kier molecular flexibility index (Phi) is 2.03. The van der Waals surface area contributed by atoms with Crippen molar-refractivity contribution in [2.24, 2.45) is 7.05 Å². The molecule has 0 aliphatic carbocycles. The van der Waals surface area contributed by atoms with E-state index in [4.69, 9.17) is 5.11 Å². The molecule has 78 valence electrons. The van der Waals surface area contributed by atoms with Gasteiger partial charge in [0.05, 0.1) is 23.9 Å². The largest absolute Gasteiger partial charge is 0.478 e. The summed E-state index contributed by atoms with van der Waals surface area (Å²) in [7, 11) is 1.72. The Labute approximate surface area is 85.2 Å². The summed E-state index contributed by atoms with van der Waals surface area (Å²) in [4.78, 5) is 22.0. The number of amides is 1. The van der Waals surface area contributed by atoms with Crippen LogP contribution in [0.4, 0.5) is 0 Å². The zero-order valence-corrected chi connectivity index (χ0v) is 8.02. The Morgan fingerprint density at radius 2 is 2.40 bits per heavy atom. The van der Waals surface area contributed by atoms with Gasteiger partial charge in [-0.3, -0.25) is 9.48 Å². The van der Waals surface area contributed by atoms with Crippen LogP contribution in [0.5, 0.6) is 0 Å². The first-order chi connectivity index (χ1) is 7.08. The van der Waals surface area contributed by atoms with Crippen LogP contribution >= 0.6 is 0 Å². The van der Waals surface area contributed by atoms with Gasteiger partial charge < -0.3 is 10.4 Å². The van der Waals surface area contributed by atoms with Crippen molar-refractivity contribution in [3.63, 3.8) is 0 Å². The van der Waals surface area contributed by atoms with E-state index >= 15 is 0 Å². The minimum Gasteiger partial charge on any atom is -0.478 e. The molecule has 0 spiro atoms. The van der Waals surface area contributed by atoms with Gasteiger partial charge in [0.1, 0.15) is 0 Å². The van der Waals surface area contributed by atoms with E-state index in [1.165, 1.54) is 6.20 Å². The number of rotatable bonds is 2. The Morgan fingerprint density at radius 1 is 1.67 bits per heavy atom. The highest BCUT2D eigenvalue weighted by Crippen LogP contribution is 2.23. The van der Waals surface area contributed by atoms with E-state index in [1.807, 2.05) is 0 Å². The molecule has 0 unspecified atom stereocenters. The van der Waals surface area contributed by atoms with Crippen LogP contribution in [0.1, 0.15) is 12.0 Å². The molecule has 15 heavy (non-hydrogen) atoms. The molecule has 0 saturated carbocycles. The molecule has 0 saturated heterocycles. The minimum absolute atomic E-state index is 0.0838. The molecule has 1 aromatic rings. The lowest BCUT2D eigenvalue weighted by atomic mass is 10.1. The summed E-state index contributed by atoms with van der Waals surface area (Å²) in [5.74, 6) is -1.38. The fourth-order valence-corrected chi connectivity index (χ4v) is 1.49. The highest BCUT2D eigenvalue weighted by molar-refractivity contribution is 6.08. The molecular formula is C9H9N3O3. The van der Waals surface area contributed by atoms with Crippen molar-refractivity contribution < 1.29 is 14.7 Å². The zero-order chi connectivity index (χ0) is 11.0. The second-order valence-corrected chi connectivity index (χ2v) is 3.29. The van der Waals surface area contributed by atoms with Crippen LogP contribution in [0.2, 0.25) is 0 Å². The van der Waals surface area contributed by atoms with Crippen molar-refractivity contribution in [1.29, 1.82) is 0 Å². The highest BCUT2D eigenvalue weighted by Gasteiger charge is 2.27. The van der Waals surface area contributed by atoms with Gasteiger partial charge in [-0.05, 0) is 0 Å². The SMILES string of the molecule is Cn1cc(C2=C(C(=O)O)CC(=O)N2)cn1. The van der Waals surface area contributed by atoms with Crippen LogP contribution < -0.4 is 5.32 Å². The quantitative estimate of drug-likeness (QED) is 0.699. The number of carbonyl (C=O) groups excluding carboxylic acids is 1. The number of carbonyl (C=O) groups is 2. The summed E-state index contributed by atoms with van der Waals surface area (Å²) in [5, 5.41) is 15.3. The minimum atomic E-state index is -1.08. The number of carboxylic acid groups (broad SMARTS) is 1. The molecule has 2 heterocycles. The van der Waals surface area contributed by atoms with E-state index < -0.39 is 5.97 Å². The van der Waals surface area contributed by atoms with Gasteiger partial charge in [-0.1, -0.05) is 0 Å². The predicted octanol–water partition coefficient (Wildman–Crippen LogP) is -0.264. The topological polar surface area (TPSA) is 84.2 Å². The monoisotopic (exact) mass is 207 g/mol. The van der Waals surface area contributed by atoms with Crippen molar-refractivity contribution in [3.05, 3.63) is 23.5 Å². The van der Waals surface area contributed by atoms with E-state index in [2.05, 4.69) is 10.4 Å². The van der Waals surface area contributed by atoms with E-state index in [0.717, 1.165) is 0 Å². The number of hydrogen-bond donors (Lipinski definition) is 2. The molecule has 0 bridgehead atoms. The summed E-state index contributed by atoms with van der Waals surface area (Å²) in [5.41, 5.74) is 1.05. The summed E-state index contributed by atoms with van der Waals surface area (Å²) < 4.78 is 1.55. The van der Waals surface area contributed by atoms with Crippen LogP contribution in [-0.2, 0) is 16.6 Å². The molecular weight excluding hydrogens is 198 g/mol. The van der Waals surface area contributed by atoms with Crippen molar-refractivity contribution in [2.75, 3.05) is 0 Å². The van der Waals surface area contributed by atoms with Crippen LogP contribution in [0, 0.1) is 0 Å². The van der Waals surface area contributed by atoms with Crippen LogP contribution in [0.25, 0.3) is 5.70 Å². The molecule has 1 aromatic heterocycles. The number of nitrogens with one attached hydrogen (secondary N) is 1. The maximum absolute atomic E-state index is 11.1. The number of aromatic nitrogens is 2. The molecule has 0 atom stereocenters. The average molecular weight is 207 g/mol. The van der Waals surface area contributed by atoms with E-state index in [0.29, 0.717) is 11.3 Å². The van der Waals surface area contributed by atoms with Crippen molar-refractivity contribution >= 4 is 17.6 Å². The molecule has 0 fully saturated rings. The van der Waals surface area contributed by atoms with Crippen molar-refractivity contribution in [3.8, 4) is 0 Å². The summed E-state index contributed by atoms with van der Waals surface area (Å²) in [6.07, 6.45) is 3.09. The third-order valence-corrected chi connectivity index (χ3v) is 2.16. The van der Waals surface area contributed by atoms with Gasteiger partial charge in [0, 0.05) is 18.8 Å². The summed E-state index contributed by atoms with van der Waals surface area (Å²) >= 11 is 0. The molecule has 1 amide bonds. The lowest BCUT2D eigenvalue weighted by Crippen LogP contribution is -2.13. The van der Waals surface area contributed by atoms with Crippen LogP contribution in [-0.4, -0.2) is 26.8 Å². The summed E-state index contributed by atoms with van der Waals surface area (Å²) in [6.45, 7) is 0. The van der Waals surface area contributed by atoms with Gasteiger partial charge in [0.2, 0.25) is 5.91 Å². The van der Waals surface area contributed by atoms with Crippen LogP contribution in [0.15, 0.2) is 18.0 Å². The third kappa shape index (κ3) is 1.61. The second-order valence-electron chi connectivity index (χ2n) is 3.29. The Morgan fingerprint density at radius 3 is 2.93 bits per heavy atom. The molecule has 1 aliphatic rings. The lowest BCUT2D eigenvalue weighted by Gasteiger charge is -1.99. The Bertz CT molecular complexity index is 473. The smallest absolute Gasteiger partial charge is 0.334 e. The van der Waals surface area contributed by atoms with E-state index in [9.17, 15) is 9.59 Å². The Balaban J connectivity index is 2.45. The fraction of sp³-hybridized carbons (Fsp3) is 0.222. The molecule has 2 N–H and O–H groups in total. The van der Waals surface area contributed by atoms with E-state index in [1.54, 1.807) is 17.9 Å². The first kappa shape index (κ1) is 9.45. The Hall–Kier alpha value is -2.11. The molecule has 0 radical (unpaired) electrons. The molecule has 6 nitrogen and oxygen atoms in total. The first-order valence-electron chi connectivity index (χ1n) is 4.33. The normalized spacial score (nSPS) is 15.7. The second kappa shape index (κ2) is 3.23. The van der Waals surface area contributed by atoms with Gasteiger partial charge in [-0.2, -0.15) is 5.10 Å². The van der Waals surface area contributed by atoms with Crippen LogP contribution in [0.3, 0.4) is 0 Å². The third-order valence-electron chi connectivity index (χ3n) is 2.16.